The van der Waals surface area contributed by atoms with E-state index in [1.54, 1.807) is 24.3 Å². The average Bonchev–Trinajstić information content (AvgIpc) is 3.31. The fraction of sp³-hybridized carbons (Fsp3) is 0.130. The first-order chi connectivity index (χ1) is 13.9. The third-order valence-electron chi connectivity index (χ3n) is 5.01. The molecule has 4 rings (SSSR count). The number of anilines is 1. The van der Waals surface area contributed by atoms with Crippen LogP contribution >= 0.6 is 22.9 Å². The fourth-order valence-corrected chi connectivity index (χ4v) is 4.50. The number of nitrogens with zero attached hydrogens (tertiary/aromatic N) is 1. The molecule has 0 aliphatic carbocycles. The Morgan fingerprint density at radius 3 is 2.45 bits per heavy atom. The summed E-state index contributed by atoms with van der Waals surface area (Å²) >= 11 is 7.61. The maximum Gasteiger partial charge on any atom is 0.300 e. The van der Waals surface area contributed by atoms with Gasteiger partial charge in [0.05, 0.1) is 5.57 Å². The van der Waals surface area contributed by atoms with Crippen molar-refractivity contribution in [3.8, 4) is 0 Å². The minimum absolute atomic E-state index is 0.0840. The molecule has 0 radical (unpaired) electrons. The molecule has 146 valence electrons. The van der Waals surface area contributed by atoms with E-state index < -0.39 is 17.7 Å². The smallest absolute Gasteiger partial charge is 0.300 e. The molecule has 29 heavy (non-hydrogen) atoms. The van der Waals surface area contributed by atoms with Crippen LogP contribution in [0.5, 0.6) is 0 Å². The standard InChI is InChI=1S/C23H18ClNO3S/c1-13-5-8-15(9-6-13)21(26)19-20(18-4-3-11-29-18)25(23(28)22(19)27)17-12-16(24)10-7-14(17)2/h3-12,20,26H,1-2H3/b21-19-. The van der Waals surface area contributed by atoms with Gasteiger partial charge >= 0.3 is 0 Å². The summed E-state index contributed by atoms with van der Waals surface area (Å²) in [6.45, 7) is 3.80. The van der Waals surface area contributed by atoms with Crippen LogP contribution in [0.4, 0.5) is 5.69 Å². The van der Waals surface area contributed by atoms with E-state index in [2.05, 4.69) is 0 Å². The maximum absolute atomic E-state index is 13.1. The summed E-state index contributed by atoms with van der Waals surface area (Å²) < 4.78 is 0. The van der Waals surface area contributed by atoms with Crippen LogP contribution < -0.4 is 4.90 Å². The maximum atomic E-state index is 13.1. The van der Waals surface area contributed by atoms with E-state index in [1.807, 2.05) is 49.6 Å². The van der Waals surface area contributed by atoms with E-state index in [1.165, 1.54) is 16.2 Å². The van der Waals surface area contributed by atoms with Crippen molar-refractivity contribution in [2.45, 2.75) is 19.9 Å². The van der Waals surface area contributed by atoms with Crippen molar-refractivity contribution in [2.24, 2.45) is 0 Å². The Kier molecular flexibility index (Phi) is 5.03. The van der Waals surface area contributed by atoms with Gasteiger partial charge in [-0.3, -0.25) is 14.5 Å². The number of aryl methyl sites for hydroxylation is 2. The molecular formula is C23H18ClNO3S. The van der Waals surface area contributed by atoms with Crippen LogP contribution in [0.1, 0.15) is 27.6 Å². The molecular weight excluding hydrogens is 406 g/mol. The molecule has 0 spiro atoms. The third-order valence-corrected chi connectivity index (χ3v) is 6.17. The van der Waals surface area contributed by atoms with Gasteiger partial charge in [0.1, 0.15) is 11.8 Å². The molecule has 1 aliphatic rings. The molecule has 6 heteroatoms. The van der Waals surface area contributed by atoms with Crippen molar-refractivity contribution in [3.63, 3.8) is 0 Å². The molecule has 1 N–H and O–H groups in total. The molecule has 1 unspecified atom stereocenters. The molecule has 1 atom stereocenters. The first-order valence-corrected chi connectivity index (χ1v) is 10.3. The van der Waals surface area contributed by atoms with Crippen LogP contribution in [-0.2, 0) is 9.59 Å². The Labute approximate surface area is 177 Å². The topological polar surface area (TPSA) is 57.6 Å². The van der Waals surface area contributed by atoms with Crippen LogP contribution in [0, 0.1) is 13.8 Å². The van der Waals surface area contributed by atoms with E-state index in [4.69, 9.17) is 11.6 Å². The highest BCUT2D eigenvalue weighted by atomic mass is 35.5. The second-order valence-electron chi connectivity index (χ2n) is 6.98. The van der Waals surface area contributed by atoms with Gasteiger partial charge in [0, 0.05) is 21.2 Å². The number of thiophene rings is 1. The van der Waals surface area contributed by atoms with Gasteiger partial charge in [-0.25, -0.2) is 0 Å². The zero-order valence-electron chi connectivity index (χ0n) is 15.8. The molecule has 1 fully saturated rings. The summed E-state index contributed by atoms with van der Waals surface area (Å²) in [7, 11) is 0. The molecule has 1 saturated heterocycles. The predicted molar refractivity (Wildman–Crippen MR) is 116 cm³/mol. The monoisotopic (exact) mass is 423 g/mol. The summed E-state index contributed by atoms with van der Waals surface area (Å²) in [6, 6.07) is 15.4. The lowest BCUT2D eigenvalue weighted by molar-refractivity contribution is -0.132. The fourth-order valence-electron chi connectivity index (χ4n) is 3.51. The summed E-state index contributed by atoms with van der Waals surface area (Å²) in [5.41, 5.74) is 2.99. The van der Waals surface area contributed by atoms with E-state index in [9.17, 15) is 14.7 Å². The predicted octanol–water partition coefficient (Wildman–Crippen LogP) is 5.64. The number of hydrogen-bond donors (Lipinski definition) is 1. The zero-order valence-corrected chi connectivity index (χ0v) is 17.4. The summed E-state index contributed by atoms with van der Waals surface area (Å²) in [5, 5.41) is 13.4. The molecule has 1 aliphatic heterocycles. The normalized spacial score (nSPS) is 18.4. The second-order valence-corrected chi connectivity index (χ2v) is 8.40. The molecule has 0 saturated carbocycles. The number of aliphatic hydroxyl groups excluding tert-OH is 1. The van der Waals surface area contributed by atoms with E-state index in [0.717, 1.165) is 16.0 Å². The summed E-state index contributed by atoms with van der Waals surface area (Å²) in [4.78, 5) is 28.3. The molecule has 4 nitrogen and oxygen atoms in total. The SMILES string of the molecule is Cc1ccc(/C(O)=C2/C(=O)C(=O)N(c3cc(Cl)ccc3C)C2c2cccs2)cc1. The minimum Gasteiger partial charge on any atom is -0.507 e. The highest BCUT2D eigenvalue weighted by Crippen LogP contribution is 2.44. The Morgan fingerprint density at radius 2 is 1.79 bits per heavy atom. The van der Waals surface area contributed by atoms with Crippen molar-refractivity contribution >= 4 is 46.1 Å². The summed E-state index contributed by atoms with van der Waals surface area (Å²) in [5.74, 6) is -1.56. The number of aliphatic hydroxyl groups is 1. The molecule has 2 aromatic carbocycles. The van der Waals surface area contributed by atoms with Crippen molar-refractivity contribution in [1.29, 1.82) is 0 Å². The number of Topliss-reactive ketones (excluding diaryl/α,β-unsaturated/α-hetero) is 1. The Hall–Kier alpha value is -2.89. The van der Waals surface area contributed by atoms with Gasteiger partial charge < -0.3 is 5.11 Å². The lowest BCUT2D eigenvalue weighted by atomic mass is 9.99. The molecule has 3 aromatic rings. The van der Waals surface area contributed by atoms with Gasteiger partial charge in [-0.2, -0.15) is 0 Å². The van der Waals surface area contributed by atoms with Crippen LogP contribution in [0.3, 0.4) is 0 Å². The molecule has 0 bridgehead atoms. The lowest BCUT2D eigenvalue weighted by Gasteiger charge is -2.25. The highest BCUT2D eigenvalue weighted by molar-refractivity contribution is 7.10. The second kappa shape index (κ2) is 7.50. The van der Waals surface area contributed by atoms with Gasteiger partial charge in [-0.1, -0.05) is 53.6 Å². The van der Waals surface area contributed by atoms with Gasteiger partial charge in [0.25, 0.3) is 11.7 Å². The lowest BCUT2D eigenvalue weighted by Crippen LogP contribution is -2.29. The number of carbonyl (C=O) groups excluding carboxylic acids is 2. The van der Waals surface area contributed by atoms with Crippen LogP contribution in [-0.4, -0.2) is 16.8 Å². The van der Waals surface area contributed by atoms with Crippen molar-refractivity contribution in [2.75, 3.05) is 4.90 Å². The number of amides is 1. The van der Waals surface area contributed by atoms with E-state index >= 15 is 0 Å². The third kappa shape index (κ3) is 3.37. The van der Waals surface area contributed by atoms with Crippen molar-refractivity contribution in [3.05, 3.63) is 92.1 Å². The van der Waals surface area contributed by atoms with Crippen molar-refractivity contribution in [1.82, 2.24) is 0 Å². The van der Waals surface area contributed by atoms with Crippen LogP contribution in [0.25, 0.3) is 5.76 Å². The Bertz CT molecular complexity index is 1130. The minimum atomic E-state index is -0.714. The number of hydrogen-bond acceptors (Lipinski definition) is 4. The number of ketones is 1. The number of rotatable bonds is 3. The summed E-state index contributed by atoms with van der Waals surface area (Å²) in [6.07, 6.45) is 0. The van der Waals surface area contributed by atoms with Crippen LogP contribution in [0.15, 0.2) is 65.6 Å². The Balaban J connectivity index is 1.95. The molecule has 2 heterocycles. The first kappa shape index (κ1) is 19.4. The number of carbonyl (C=O) groups is 2. The quantitative estimate of drug-likeness (QED) is 0.336. The first-order valence-electron chi connectivity index (χ1n) is 9.06. The van der Waals surface area contributed by atoms with Gasteiger partial charge in [-0.05, 0) is 43.0 Å². The highest BCUT2D eigenvalue weighted by Gasteiger charge is 2.47. The zero-order chi connectivity index (χ0) is 20.7. The van der Waals surface area contributed by atoms with Crippen molar-refractivity contribution < 1.29 is 14.7 Å². The van der Waals surface area contributed by atoms with Gasteiger partial charge in [-0.15, -0.1) is 11.3 Å². The van der Waals surface area contributed by atoms with Gasteiger partial charge in [0.2, 0.25) is 0 Å². The molecule has 1 amide bonds. The van der Waals surface area contributed by atoms with Gasteiger partial charge in [0.15, 0.2) is 0 Å². The Morgan fingerprint density at radius 1 is 1.07 bits per heavy atom. The van der Waals surface area contributed by atoms with Crippen LogP contribution in [0.2, 0.25) is 5.02 Å². The average molecular weight is 424 g/mol. The van der Waals surface area contributed by atoms with E-state index in [-0.39, 0.29) is 11.3 Å². The molecule has 1 aromatic heterocycles. The number of benzene rings is 2. The number of halogens is 1. The van der Waals surface area contributed by atoms with E-state index in [0.29, 0.717) is 16.3 Å². The largest absolute Gasteiger partial charge is 0.507 e.